The Morgan fingerprint density at radius 3 is 2.56 bits per heavy atom. The smallest absolute Gasteiger partial charge is 0.314 e. The second-order valence-electron chi connectivity index (χ2n) is 5.54. The fourth-order valence-corrected chi connectivity index (χ4v) is 3.87. The second kappa shape index (κ2) is 4.27. The minimum absolute atomic E-state index is 0.679. The fraction of sp³-hybridized carbons (Fsp3) is 0.533. The number of fused-ring (bicyclic) bond motifs is 1. The molecule has 0 saturated heterocycles. The molecule has 3 heteroatoms. The highest BCUT2D eigenvalue weighted by Crippen LogP contribution is 2.44. The van der Waals surface area contributed by atoms with Gasteiger partial charge in [-0.05, 0) is 54.9 Å². The third-order valence-corrected chi connectivity index (χ3v) is 4.92. The minimum Gasteiger partial charge on any atom is -0.481 e. The van der Waals surface area contributed by atoms with Crippen LogP contribution < -0.4 is 0 Å². The molecule has 0 radical (unpaired) electrons. The van der Waals surface area contributed by atoms with E-state index in [4.69, 9.17) is 11.6 Å². The van der Waals surface area contributed by atoms with Gasteiger partial charge in [-0.1, -0.05) is 30.5 Å². The van der Waals surface area contributed by atoms with E-state index in [0.29, 0.717) is 0 Å². The number of hydrogen-bond acceptors (Lipinski definition) is 1. The lowest BCUT2D eigenvalue weighted by molar-refractivity contribution is -0.143. The molecular formula is C15H17ClO2. The molecular weight excluding hydrogens is 248 g/mol. The summed E-state index contributed by atoms with van der Waals surface area (Å²) < 4.78 is 0. The Labute approximate surface area is 112 Å². The van der Waals surface area contributed by atoms with E-state index < -0.39 is 11.4 Å². The lowest BCUT2D eigenvalue weighted by atomic mass is 9.78. The summed E-state index contributed by atoms with van der Waals surface area (Å²) in [6.45, 7) is 0. The summed E-state index contributed by atoms with van der Waals surface area (Å²) in [5.41, 5.74) is 2.75. The van der Waals surface area contributed by atoms with Crippen molar-refractivity contribution in [3.63, 3.8) is 0 Å². The zero-order chi connectivity index (χ0) is 12.8. The zero-order valence-corrected chi connectivity index (χ0v) is 11.1. The molecule has 1 N–H and O–H groups in total. The van der Waals surface area contributed by atoms with E-state index in [0.717, 1.165) is 55.5 Å². The Morgan fingerprint density at radius 1 is 1.17 bits per heavy atom. The maximum atomic E-state index is 11.7. The van der Waals surface area contributed by atoms with Crippen molar-refractivity contribution in [2.24, 2.45) is 0 Å². The van der Waals surface area contributed by atoms with E-state index in [9.17, 15) is 9.90 Å². The van der Waals surface area contributed by atoms with Gasteiger partial charge in [-0.15, -0.1) is 0 Å². The minimum atomic E-state index is -0.686. The molecule has 1 aromatic carbocycles. The Morgan fingerprint density at radius 2 is 1.89 bits per heavy atom. The van der Waals surface area contributed by atoms with Crippen LogP contribution in [0.15, 0.2) is 12.1 Å². The first-order valence-corrected chi connectivity index (χ1v) is 7.06. The third-order valence-electron chi connectivity index (χ3n) is 4.58. The van der Waals surface area contributed by atoms with E-state index >= 15 is 0 Å². The summed E-state index contributed by atoms with van der Waals surface area (Å²) in [5, 5.41) is 10.4. The van der Waals surface area contributed by atoms with Crippen molar-refractivity contribution in [1.82, 2.24) is 0 Å². The first kappa shape index (κ1) is 12.0. The van der Waals surface area contributed by atoms with Crippen LogP contribution in [0.3, 0.4) is 0 Å². The monoisotopic (exact) mass is 264 g/mol. The first-order chi connectivity index (χ1) is 8.63. The highest BCUT2D eigenvalue weighted by molar-refractivity contribution is 6.31. The summed E-state index contributed by atoms with van der Waals surface area (Å²) in [6, 6.07) is 4.01. The van der Waals surface area contributed by atoms with Crippen molar-refractivity contribution in [1.29, 1.82) is 0 Å². The van der Waals surface area contributed by atoms with Gasteiger partial charge in [0.25, 0.3) is 0 Å². The molecule has 0 aromatic heterocycles. The number of rotatable bonds is 2. The van der Waals surface area contributed by atoms with Crippen LogP contribution in [0, 0.1) is 0 Å². The lowest BCUT2D eigenvalue weighted by Crippen LogP contribution is -2.32. The summed E-state index contributed by atoms with van der Waals surface area (Å²) in [4.78, 5) is 11.7. The molecule has 0 unspecified atom stereocenters. The molecule has 0 atom stereocenters. The lowest BCUT2D eigenvalue weighted by Gasteiger charge is -2.25. The number of carboxylic acids is 1. The molecule has 0 amide bonds. The zero-order valence-electron chi connectivity index (χ0n) is 10.3. The van der Waals surface area contributed by atoms with Gasteiger partial charge in [0.2, 0.25) is 0 Å². The summed E-state index contributed by atoms with van der Waals surface area (Å²) in [7, 11) is 0. The first-order valence-electron chi connectivity index (χ1n) is 6.69. The van der Waals surface area contributed by atoms with E-state index in [1.54, 1.807) is 0 Å². The Bertz CT molecular complexity index is 501. The van der Waals surface area contributed by atoms with Gasteiger partial charge >= 0.3 is 5.97 Å². The van der Waals surface area contributed by atoms with E-state index in [-0.39, 0.29) is 0 Å². The van der Waals surface area contributed by atoms with Crippen LogP contribution in [-0.4, -0.2) is 11.1 Å². The van der Waals surface area contributed by atoms with E-state index in [1.807, 2.05) is 6.07 Å². The molecule has 2 aliphatic rings. The average molecular weight is 265 g/mol. The quantitative estimate of drug-likeness (QED) is 0.884. The molecule has 1 fully saturated rings. The van der Waals surface area contributed by atoms with Crippen LogP contribution in [0.25, 0.3) is 0 Å². The molecule has 0 bridgehead atoms. The molecule has 0 spiro atoms. The topological polar surface area (TPSA) is 37.3 Å². The average Bonchev–Trinajstić information content (AvgIpc) is 2.98. The van der Waals surface area contributed by atoms with Crippen LogP contribution >= 0.6 is 11.6 Å². The summed E-state index contributed by atoms with van der Waals surface area (Å²) in [5.74, 6) is -0.686. The number of carbonyl (C=O) groups is 1. The van der Waals surface area contributed by atoms with Gasteiger partial charge in [-0.2, -0.15) is 0 Å². The largest absolute Gasteiger partial charge is 0.481 e. The van der Waals surface area contributed by atoms with Crippen molar-refractivity contribution in [3.05, 3.63) is 33.8 Å². The van der Waals surface area contributed by atoms with Gasteiger partial charge in [-0.25, -0.2) is 0 Å². The van der Waals surface area contributed by atoms with Crippen LogP contribution in [0.1, 0.15) is 48.8 Å². The van der Waals surface area contributed by atoms with Crippen molar-refractivity contribution >= 4 is 17.6 Å². The van der Waals surface area contributed by atoms with Crippen molar-refractivity contribution < 1.29 is 9.90 Å². The van der Waals surface area contributed by atoms with Crippen LogP contribution in [0.4, 0.5) is 0 Å². The number of aryl methyl sites for hydroxylation is 1. The molecule has 2 nitrogen and oxygen atoms in total. The summed E-state index contributed by atoms with van der Waals surface area (Å²) in [6.07, 6.45) is 6.71. The number of halogens is 1. The molecule has 1 saturated carbocycles. The molecule has 3 rings (SSSR count). The third kappa shape index (κ3) is 1.66. The Kier molecular flexibility index (Phi) is 2.86. The van der Waals surface area contributed by atoms with Crippen molar-refractivity contribution in [2.45, 2.75) is 50.4 Å². The van der Waals surface area contributed by atoms with Gasteiger partial charge in [0.15, 0.2) is 0 Å². The highest BCUT2D eigenvalue weighted by Gasteiger charge is 2.43. The van der Waals surface area contributed by atoms with Gasteiger partial charge < -0.3 is 5.11 Å². The SMILES string of the molecule is O=C(O)C1(c2cc(Cl)c3c(c2)CCC3)CCCC1. The van der Waals surface area contributed by atoms with Crippen molar-refractivity contribution in [2.75, 3.05) is 0 Å². The number of hydrogen-bond donors (Lipinski definition) is 1. The Hall–Kier alpha value is -1.02. The predicted molar refractivity (Wildman–Crippen MR) is 71.3 cm³/mol. The molecule has 0 heterocycles. The van der Waals surface area contributed by atoms with Crippen molar-refractivity contribution in [3.8, 4) is 0 Å². The van der Waals surface area contributed by atoms with E-state index in [1.165, 1.54) is 11.1 Å². The van der Waals surface area contributed by atoms with Crippen LogP contribution in [-0.2, 0) is 23.1 Å². The normalized spacial score (nSPS) is 20.9. The van der Waals surface area contributed by atoms with Gasteiger partial charge in [0, 0.05) is 5.02 Å². The standard InChI is InChI=1S/C15H17ClO2/c16-13-9-11(8-10-4-3-5-12(10)13)15(14(17)18)6-1-2-7-15/h8-9H,1-7H2,(H,17,18). The summed E-state index contributed by atoms with van der Waals surface area (Å²) >= 11 is 6.33. The fourth-order valence-electron chi connectivity index (χ4n) is 3.53. The van der Waals surface area contributed by atoms with Crippen LogP contribution in [0.5, 0.6) is 0 Å². The highest BCUT2D eigenvalue weighted by atomic mass is 35.5. The van der Waals surface area contributed by atoms with E-state index in [2.05, 4.69) is 6.07 Å². The molecule has 2 aliphatic carbocycles. The number of benzene rings is 1. The molecule has 0 aliphatic heterocycles. The second-order valence-corrected chi connectivity index (χ2v) is 5.95. The number of aliphatic carboxylic acids is 1. The van der Waals surface area contributed by atoms with Gasteiger partial charge in [0.1, 0.15) is 0 Å². The maximum absolute atomic E-state index is 11.7. The molecule has 18 heavy (non-hydrogen) atoms. The van der Waals surface area contributed by atoms with Crippen LogP contribution in [0.2, 0.25) is 5.02 Å². The Balaban J connectivity index is 2.11. The molecule has 96 valence electrons. The predicted octanol–water partition coefficient (Wildman–Crippen LogP) is 3.73. The van der Waals surface area contributed by atoms with Gasteiger partial charge in [0.05, 0.1) is 5.41 Å². The van der Waals surface area contributed by atoms with Gasteiger partial charge in [-0.3, -0.25) is 4.79 Å². The maximum Gasteiger partial charge on any atom is 0.314 e. The number of carboxylic acid groups (broad SMARTS) is 1. The molecule has 1 aromatic rings.